The Bertz CT molecular complexity index is 794. The molecule has 2 fully saturated rings. The Kier molecular flexibility index (Phi) is 6.26. The number of hydrogen-bond acceptors (Lipinski definition) is 2. The zero-order chi connectivity index (χ0) is 24.6. The van der Waals surface area contributed by atoms with Crippen molar-refractivity contribution in [2.45, 2.75) is 137 Å². The van der Waals surface area contributed by atoms with Gasteiger partial charge in [-0.15, -0.1) is 0 Å². The zero-order valence-electron chi connectivity index (χ0n) is 22.7. The number of rotatable bonds is 5. The lowest BCUT2D eigenvalue weighted by atomic mass is 9.43. The summed E-state index contributed by atoms with van der Waals surface area (Å²) in [5, 5.41) is 20.9. The molecular formula is C30H51FO2. The van der Waals surface area contributed by atoms with Gasteiger partial charge in [-0.25, -0.2) is 4.39 Å². The van der Waals surface area contributed by atoms with Crippen LogP contribution in [-0.4, -0.2) is 28.1 Å². The molecule has 0 bridgehead atoms. The van der Waals surface area contributed by atoms with E-state index in [2.05, 4.69) is 41.5 Å². The van der Waals surface area contributed by atoms with Crippen LogP contribution in [0, 0.1) is 39.4 Å². The van der Waals surface area contributed by atoms with Crippen molar-refractivity contribution in [2.24, 2.45) is 39.4 Å². The average Bonchev–Trinajstić information content (AvgIpc) is 2.97. The van der Waals surface area contributed by atoms with Crippen molar-refractivity contribution >= 4 is 0 Å². The molecule has 0 unspecified atom stereocenters. The van der Waals surface area contributed by atoms with Gasteiger partial charge in [-0.05, 0) is 105 Å². The van der Waals surface area contributed by atoms with E-state index in [1.807, 2.05) is 13.8 Å². The van der Waals surface area contributed by atoms with Gasteiger partial charge in [0, 0.05) is 0 Å². The predicted molar refractivity (Wildman–Crippen MR) is 135 cm³/mol. The monoisotopic (exact) mass is 462 g/mol. The van der Waals surface area contributed by atoms with Crippen LogP contribution in [0.4, 0.5) is 4.39 Å². The Balaban J connectivity index is 1.62. The van der Waals surface area contributed by atoms with E-state index in [-0.39, 0.29) is 16.2 Å². The lowest BCUT2D eigenvalue weighted by Crippen LogP contribution is -2.58. The minimum atomic E-state index is -1.12. The fourth-order valence-electron chi connectivity index (χ4n) is 9.78. The van der Waals surface area contributed by atoms with Crippen LogP contribution in [-0.2, 0) is 0 Å². The maximum atomic E-state index is 15.2. The number of halogens is 1. The van der Waals surface area contributed by atoms with Gasteiger partial charge in [0.2, 0.25) is 0 Å². The van der Waals surface area contributed by atoms with E-state index in [0.29, 0.717) is 23.7 Å². The number of alkyl halides is 1. The molecule has 0 spiro atoms. The van der Waals surface area contributed by atoms with Crippen LogP contribution in [0.2, 0.25) is 0 Å². The minimum absolute atomic E-state index is 0.115. The highest BCUT2D eigenvalue weighted by molar-refractivity contribution is 5.39. The third-order valence-electron chi connectivity index (χ3n) is 11.9. The molecule has 0 heterocycles. The molecule has 2 nitrogen and oxygen atoms in total. The van der Waals surface area contributed by atoms with Crippen LogP contribution >= 0.6 is 0 Å². The van der Waals surface area contributed by atoms with Crippen LogP contribution in [0.3, 0.4) is 0 Å². The summed E-state index contributed by atoms with van der Waals surface area (Å²) < 4.78 is 15.2. The van der Waals surface area contributed by atoms with Gasteiger partial charge in [0.25, 0.3) is 0 Å². The molecule has 4 aliphatic carbocycles. The quantitative estimate of drug-likeness (QED) is 0.412. The van der Waals surface area contributed by atoms with E-state index < -0.39 is 17.9 Å². The van der Waals surface area contributed by atoms with Gasteiger partial charge >= 0.3 is 0 Å². The average molecular weight is 463 g/mol. The zero-order valence-corrected chi connectivity index (χ0v) is 22.7. The first-order valence-corrected chi connectivity index (χ1v) is 13.9. The van der Waals surface area contributed by atoms with Crippen LogP contribution in [0.1, 0.15) is 120 Å². The third-order valence-corrected chi connectivity index (χ3v) is 11.9. The molecule has 190 valence electrons. The number of aliphatic hydroxyl groups excluding tert-OH is 1. The van der Waals surface area contributed by atoms with Crippen molar-refractivity contribution in [2.75, 3.05) is 0 Å². The minimum Gasteiger partial charge on any atom is -0.390 e. The summed E-state index contributed by atoms with van der Waals surface area (Å²) in [4.78, 5) is 0. The van der Waals surface area contributed by atoms with E-state index in [1.165, 1.54) is 25.7 Å². The van der Waals surface area contributed by atoms with Crippen molar-refractivity contribution in [1.82, 2.24) is 0 Å². The Morgan fingerprint density at radius 2 is 1.70 bits per heavy atom. The summed E-state index contributed by atoms with van der Waals surface area (Å²) in [5.41, 5.74) is 2.73. The summed E-state index contributed by atoms with van der Waals surface area (Å²) in [5.74, 6) is 1.76. The SMILES string of the molecule is C[C@H](CCCC(C)(C)O)[C@H]1CC[C@@]2(C)C3=C(CC[C@]12C)[C@@]1(C)C[C@@H](F)[C@@H](O)C(C)(C)[C@@H]1CC3. The third kappa shape index (κ3) is 3.78. The number of fused-ring (bicyclic) bond motifs is 4. The topological polar surface area (TPSA) is 40.5 Å². The fourth-order valence-corrected chi connectivity index (χ4v) is 9.78. The van der Waals surface area contributed by atoms with E-state index in [4.69, 9.17) is 0 Å². The van der Waals surface area contributed by atoms with Crippen molar-refractivity contribution < 1.29 is 14.6 Å². The highest BCUT2D eigenvalue weighted by Gasteiger charge is 2.64. The molecule has 4 rings (SSSR count). The highest BCUT2D eigenvalue weighted by atomic mass is 19.1. The lowest BCUT2D eigenvalue weighted by molar-refractivity contribution is -0.135. The van der Waals surface area contributed by atoms with Crippen molar-refractivity contribution in [3.63, 3.8) is 0 Å². The Hall–Kier alpha value is -0.410. The van der Waals surface area contributed by atoms with E-state index >= 15 is 4.39 Å². The molecule has 4 aliphatic rings. The smallest absolute Gasteiger partial charge is 0.127 e. The van der Waals surface area contributed by atoms with Crippen LogP contribution < -0.4 is 0 Å². The van der Waals surface area contributed by atoms with Gasteiger partial charge in [0.15, 0.2) is 0 Å². The summed E-state index contributed by atoms with van der Waals surface area (Å²) in [6.07, 6.45) is 8.79. The highest BCUT2D eigenvalue weighted by Crippen LogP contribution is 2.72. The second kappa shape index (κ2) is 8.05. The molecule has 0 aromatic heterocycles. The lowest BCUT2D eigenvalue weighted by Gasteiger charge is -2.62. The van der Waals surface area contributed by atoms with Crippen LogP contribution in [0.25, 0.3) is 0 Å². The molecule has 2 saturated carbocycles. The first kappa shape index (κ1) is 25.7. The molecule has 0 amide bonds. The summed E-state index contributed by atoms with van der Waals surface area (Å²) in [7, 11) is 0. The molecule has 33 heavy (non-hydrogen) atoms. The largest absolute Gasteiger partial charge is 0.390 e. The maximum absolute atomic E-state index is 15.2. The molecule has 3 heteroatoms. The molecule has 8 atom stereocenters. The Morgan fingerprint density at radius 1 is 1.03 bits per heavy atom. The van der Waals surface area contributed by atoms with Crippen molar-refractivity contribution in [3.05, 3.63) is 11.1 Å². The summed E-state index contributed by atoms with van der Waals surface area (Å²) >= 11 is 0. The first-order chi connectivity index (χ1) is 15.1. The molecule has 0 saturated heterocycles. The normalized spacial score (nSPS) is 45.9. The second-order valence-corrected chi connectivity index (χ2v) is 14.5. The molecular weight excluding hydrogens is 411 g/mol. The van der Waals surface area contributed by atoms with Crippen molar-refractivity contribution in [1.29, 1.82) is 0 Å². The molecule has 2 N–H and O–H groups in total. The van der Waals surface area contributed by atoms with E-state index in [0.717, 1.165) is 38.0 Å². The molecule has 0 aliphatic heterocycles. The molecule has 0 aromatic carbocycles. The van der Waals surface area contributed by atoms with Crippen molar-refractivity contribution in [3.8, 4) is 0 Å². The summed E-state index contributed by atoms with van der Waals surface area (Å²) in [6.45, 7) is 18.0. The Labute approximate surface area is 202 Å². The number of hydrogen-bond donors (Lipinski definition) is 2. The second-order valence-electron chi connectivity index (χ2n) is 14.5. The van der Waals surface area contributed by atoms with E-state index in [1.54, 1.807) is 11.1 Å². The van der Waals surface area contributed by atoms with Crippen LogP contribution in [0.15, 0.2) is 11.1 Å². The standard InChI is InChI=1S/C30H51FO2/c1-19(10-9-15-26(2,3)33)20-13-16-30(8)22-11-12-24-27(4,5)25(32)23(31)18-28(24,6)21(22)14-17-29(20,30)7/h19-20,23-25,32-33H,9-18H2,1-8H3/t19-,20-,23-,24+,25-,28-,29-,30+/m1/s1. The van der Waals surface area contributed by atoms with Gasteiger partial charge in [-0.3, -0.25) is 0 Å². The van der Waals surface area contributed by atoms with Gasteiger partial charge in [-0.2, -0.15) is 0 Å². The van der Waals surface area contributed by atoms with Gasteiger partial charge in [0.1, 0.15) is 6.17 Å². The predicted octanol–water partition coefficient (Wildman–Crippen LogP) is 7.62. The molecule has 0 aromatic rings. The Morgan fingerprint density at radius 3 is 2.33 bits per heavy atom. The fraction of sp³-hybridized carbons (Fsp3) is 0.933. The first-order valence-electron chi connectivity index (χ1n) is 13.9. The van der Waals surface area contributed by atoms with Crippen LogP contribution in [0.5, 0.6) is 0 Å². The van der Waals surface area contributed by atoms with Gasteiger partial charge in [0.05, 0.1) is 11.7 Å². The number of aliphatic hydroxyl groups is 2. The number of allylic oxidation sites excluding steroid dienone is 2. The molecule has 0 radical (unpaired) electrons. The summed E-state index contributed by atoms with van der Waals surface area (Å²) in [6, 6.07) is 0. The van der Waals surface area contributed by atoms with Gasteiger partial charge in [-0.1, -0.05) is 65.5 Å². The van der Waals surface area contributed by atoms with E-state index in [9.17, 15) is 10.2 Å². The van der Waals surface area contributed by atoms with Gasteiger partial charge < -0.3 is 10.2 Å². The maximum Gasteiger partial charge on any atom is 0.127 e.